The Balaban J connectivity index is 1.82. The Kier molecular flexibility index (Phi) is 8.35. The molecule has 3 rings (SSSR count). The van der Waals surface area contributed by atoms with Gasteiger partial charge in [0.1, 0.15) is 5.75 Å². The van der Waals surface area contributed by atoms with E-state index in [1.165, 1.54) is 10.3 Å². The summed E-state index contributed by atoms with van der Waals surface area (Å²) < 4.78 is 6.38. The average Bonchev–Trinajstić information content (AvgIpc) is 3.24. The van der Waals surface area contributed by atoms with Crippen LogP contribution in [0, 0.1) is 13.8 Å². The fraction of sp³-hybridized carbons (Fsp3) is 0.417. The molecule has 0 radical (unpaired) electrons. The molecule has 0 spiro atoms. The van der Waals surface area contributed by atoms with Gasteiger partial charge in [0.2, 0.25) is 5.91 Å². The van der Waals surface area contributed by atoms with E-state index in [1.54, 1.807) is 30.2 Å². The van der Waals surface area contributed by atoms with Gasteiger partial charge in [-0.2, -0.15) is 0 Å². The summed E-state index contributed by atoms with van der Waals surface area (Å²) >= 11 is 3.16. The number of hydrogen-bond acceptors (Lipinski definition) is 6. The van der Waals surface area contributed by atoms with Crippen molar-refractivity contribution in [2.24, 2.45) is 0 Å². The normalized spacial score (nSPS) is 11.3. The van der Waals surface area contributed by atoms with E-state index in [2.05, 4.69) is 44.7 Å². The molecule has 0 N–H and O–H groups in total. The number of benzene rings is 2. The summed E-state index contributed by atoms with van der Waals surface area (Å²) in [7, 11) is 1.65. The fourth-order valence-electron chi connectivity index (χ4n) is 3.37. The lowest BCUT2D eigenvalue weighted by atomic mass is 10.1. The Bertz CT molecular complexity index is 975. The Morgan fingerprint density at radius 1 is 1.03 bits per heavy atom. The molecule has 0 aliphatic heterocycles. The number of aromatic nitrogens is 1. The SMILES string of the molecule is CCN(CC)CCN(C(=O)CSc1ccc(OC)cc1)c1nc2c(C)ccc(C)c2s1. The fourth-order valence-corrected chi connectivity index (χ4v) is 5.30. The molecule has 0 bridgehead atoms. The molecule has 0 unspecified atom stereocenters. The summed E-state index contributed by atoms with van der Waals surface area (Å²) in [6.45, 7) is 11.9. The maximum atomic E-state index is 13.3. The maximum Gasteiger partial charge on any atom is 0.239 e. The lowest BCUT2D eigenvalue weighted by molar-refractivity contribution is -0.116. The van der Waals surface area contributed by atoms with Crippen molar-refractivity contribution in [2.75, 3.05) is 43.9 Å². The van der Waals surface area contributed by atoms with Crippen molar-refractivity contribution in [3.63, 3.8) is 0 Å². The van der Waals surface area contributed by atoms with E-state index in [1.807, 2.05) is 29.2 Å². The second kappa shape index (κ2) is 11.0. The molecule has 0 aliphatic rings. The first kappa shape index (κ1) is 23.6. The lowest BCUT2D eigenvalue weighted by Gasteiger charge is -2.24. The van der Waals surface area contributed by atoms with Crippen LogP contribution in [-0.2, 0) is 4.79 Å². The number of hydrogen-bond donors (Lipinski definition) is 0. The summed E-state index contributed by atoms with van der Waals surface area (Å²) in [5.41, 5.74) is 3.35. The first-order valence-corrected chi connectivity index (χ1v) is 12.4. The minimum atomic E-state index is 0.0855. The van der Waals surface area contributed by atoms with Gasteiger partial charge >= 0.3 is 0 Å². The molecule has 7 heteroatoms. The number of anilines is 1. The van der Waals surface area contributed by atoms with E-state index >= 15 is 0 Å². The van der Waals surface area contributed by atoms with E-state index in [9.17, 15) is 4.79 Å². The van der Waals surface area contributed by atoms with Gasteiger partial charge in [-0.15, -0.1) is 11.8 Å². The highest BCUT2D eigenvalue weighted by molar-refractivity contribution is 8.00. The molecule has 1 amide bonds. The van der Waals surface area contributed by atoms with E-state index in [-0.39, 0.29) is 5.91 Å². The van der Waals surface area contributed by atoms with E-state index < -0.39 is 0 Å². The summed E-state index contributed by atoms with van der Waals surface area (Å²) in [6, 6.07) is 12.0. The molecule has 0 saturated carbocycles. The molecule has 1 aromatic heterocycles. The second-order valence-electron chi connectivity index (χ2n) is 7.41. The van der Waals surface area contributed by atoms with E-state index in [0.29, 0.717) is 12.3 Å². The van der Waals surface area contributed by atoms with Crippen LogP contribution in [0.1, 0.15) is 25.0 Å². The number of fused-ring (bicyclic) bond motifs is 1. The number of aryl methyl sites for hydroxylation is 2. The molecule has 1 heterocycles. The molecule has 2 aromatic carbocycles. The van der Waals surface area contributed by atoms with Crippen molar-refractivity contribution in [1.82, 2.24) is 9.88 Å². The highest BCUT2D eigenvalue weighted by Gasteiger charge is 2.21. The molecule has 5 nitrogen and oxygen atoms in total. The topological polar surface area (TPSA) is 45.7 Å². The quantitative estimate of drug-likeness (QED) is 0.382. The number of amides is 1. The molecule has 3 aromatic rings. The van der Waals surface area contributed by atoms with Gasteiger partial charge in [0.05, 0.1) is 23.1 Å². The number of carbonyl (C=O) groups excluding carboxylic acids is 1. The Hall–Kier alpha value is -2.09. The standard InChI is InChI=1S/C24H31N3O2S2/c1-6-26(7-2)14-15-27(21(28)16-30-20-12-10-19(29-5)11-13-20)24-25-22-17(3)8-9-18(4)23(22)31-24/h8-13H,6-7,14-16H2,1-5H3. The Labute approximate surface area is 193 Å². The third kappa shape index (κ3) is 5.79. The Morgan fingerprint density at radius 2 is 1.71 bits per heavy atom. The molecule has 0 atom stereocenters. The van der Waals surface area contributed by atoms with E-state index in [4.69, 9.17) is 9.72 Å². The predicted octanol–water partition coefficient (Wildman–Crippen LogP) is 5.39. The van der Waals surface area contributed by atoms with Crippen molar-refractivity contribution < 1.29 is 9.53 Å². The third-order valence-corrected chi connectivity index (χ3v) is 7.63. The minimum absolute atomic E-state index is 0.0855. The van der Waals surface area contributed by atoms with Crippen LogP contribution in [0.3, 0.4) is 0 Å². The van der Waals surface area contributed by atoms with Gasteiger partial charge in [0.25, 0.3) is 0 Å². The molecule has 0 aliphatic carbocycles. The zero-order valence-electron chi connectivity index (χ0n) is 19.0. The van der Waals surface area contributed by atoms with Gasteiger partial charge in [0.15, 0.2) is 5.13 Å². The number of thiazole rings is 1. The number of nitrogens with zero attached hydrogens (tertiary/aromatic N) is 3. The smallest absolute Gasteiger partial charge is 0.239 e. The van der Waals surface area contributed by atoms with Crippen LogP contribution in [0.2, 0.25) is 0 Å². The van der Waals surface area contributed by atoms with Crippen molar-refractivity contribution in [3.8, 4) is 5.75 Å². The van der Waals surface area contributed by atoms with Gasteiger partial charge in [-0.1, -0.05) is 37.3 Å². The van der Waals surface area contributed by atoms with Gasteiger partial charge in [0, 0.05) is 18.0 Å². The van der Waals surface area contributed by atoms with Crippen LogP contribution in [0.5, 0.6) is 5.75 Å². The molecule has 31 heavy (non-hydrogen) atoms. The van der Waals surface area contributed by atoms with Crippen molar-refractivity contribution in [3.05, 3.63) is 47.5 Å². The minimum Gasteiger partial charge on any atom is -0.497 e. The number of carbonyl (C=O) groups is 1. The van der Waals surface area contributed by atoms with Crippen LogP contribution in [0.4, 0.5) is 5.13 Å². The Morgan fingerprint density at radius 3 is 2.32 bits per heavy atom. The van der Waals surface area contributed by atoms with Crippen LogP contribution in [-0.4, -0.2) is 54.8 Å². The van der Waals surface area contributed by atoms with Gasteiger partial charge in [-0.05, 0) is 62.3 Å². The summed E-state index contributed by atoms with van der Waals surface area (Å²) in [6.07, 6.45) is 0. The summed E-state index contributed by atoms with van der Waals surface area (Å²) in [5.74, 6) is 1.28. The highest BCUT2D eigenvalue weighted by Crippen LogP contribution is 2.33. The van der Waals surface area contributed by atoms with Gasteiger partial charge in [-0.25, -0.2) is 4.98 Å². The van der Waals surface area contributed by atoms with Gasteiger partial charge in [-0.3, -0.25) is 9.69 Å². The maximum absolute atomic E-state index is 13.3. The molecular weight excluding hydrogens is 426 g/mol. The number of likely N-dealkylation sites (N-methyl/N-ethyl adjacent to an activating group) is 1. The van der Waals surface area contributed by atoms with Crippen molar-refractivity contribution >= 4 is 44.4 Å². The van der Waals surface area contributed by atoms with Crippen LogP contribution in [0.15, 0.2) is 41.3 Å². The molecule has 166 valence electrons. The second-order valence-corrected chi connectivity index (χ2v) is 9.44. The van der Waals surface area contributed by atoms with E-state index in [0.717, 1.165) is 46.5 Å². The van der Waals surface area contributed by atoms with Crippen LogP contribution in [0.25, 0.3) is 10.2 Å². The zero-order chi connectivity index (χ0) is 22.4. The number of thioether (sulfide) groups is 1. The summed E-state index contributed by atoms with van der Waals surface area (Å²) in [5, 5.41) is 0.792. The van der Waals surface area contributed by atoms with Crippen LogP contribution < -0.4 is 9.64 Å². The lowest BCUT2D eigenvalue weighted by Crippen LogP contribution is -2.39. The first-order chi connectivity index (χ1) is 15.0. The van der Waals surface area contributed by atoms with Crippen LogP contribution >= 0.6 is 23.1 Å². The monoisotopic (exact) mass is 457 g/mol. The number of rotatable bonds is 10. The summed E-state index contributed by atoms with van der Waals surface area (Å²) in [4.78, 5) is 23.4. The molecule has 0 saturated heterocycles. The number of methoxy groups -OCH3 is 1. The number of ether oxygens (including phenoxy) is 1. The first-order valence-electron chi connectivity index (χ1n) is 10.6. The molecular formula is C24H31N3O2S2. The average molecular weight is 458 g/mol. The van der Waals surface area contributed by atoms with Crippen molar-refractivity contribution in [1.29, 1.82) is 0 Å². The zero-order valence-corrected chi connectivity index (χ0v) is 20.6. The van der Waals surface area contributed by atoms with Crippen molar-refractivity contribution in [2.45, 2.75) is 32.6 Å². The third-order valence-electron chi connectivity index (χ3n) is 5.42. The molecule has 0 fully saturated rings. The van der Waals surface area contributed by atoms with Gasteiger partial charge < -0.3 is 9.64 Å². The largest absolute Gasteiger partial charge is 0.497 e. The highest BCUT2D eigenvalue weighted by atomic mass is 32.2. The predicted molar refractivity (Wildman–Crippen MR) is 133 cm³/mol.